The quantitative estimate of drug-likeness (QED) is 0.102. The number of hydrazone groups is 1. The van der Waals surface area contributed by atoms with Crippen molar-refractivity contribution in [3.05, 3.63) is 59.0 Å². The monoisotopic (exact) mass is 669 g/mol. The molecule has 1 aliphatic rings. The first-order valence-electron chi connectivity index (χ1n) is 12.2. The fourth-order valence-electron chi connectivity index (χ4n) is 3.68. The lowest BCUT2D eigenvalue weighted by atomic mass is 10.2. The molecule has 1 saturated heterocycles. The van der Waals surface area contributed by atoms with E-state index in [1.165, 1.54) is 46.1 Å². The molecule has 4 rings (SSSR count). The van der Waals surface area contributed by atoms with Crippen molar-refractivity contribution in [2.45, 2.75) is 24.2 Å². The normalized spacial score (nSPS) is 14.5. The Balaban J connectivity index is 0.000000297. The number of nitrogens with one attached hydrogen (secondary N) is 1. The van der Waals surface area contributed by atoms with Gasteiger partial charge in [-0.25, -0.2) is 13.4 Å². The summed E-state index contributed by atoms with van der Waals surface area (Å²) in [5, 5.41) is 6.43. The maximum absolute atomic E-state index is 12.8. The number of nitrogens with two attached hydrogens (primary N) is 2. The van der Waals surface area contributed by atoms with Gasteiger partial charge in [0, 0.05) is 32.7 Å². The van der Waals surface area contributed by atoms with Crippen molar-refractivity contribution in [1.29, 1.82) is 0 Å². The van der Waals surface area contributed by atoms with E-state index in [0.29, 0.717) is 35.1 Å². The Bertz CT molecular complexity index is 1510. The van der Waals surface area contributed by atoms with Crippen LogP contribution in [-0.2, 0) is 21.4 Å². The van der Waals surface area contributed by atoms with E-state index in [1.807, 2.05) is 4.90 Å². The van der Waals surface area contributed by atoms with Crippen LogP contribution in [0.5, 0.6) is 11.5 Å². The van der Waals surface area contributed by atoms with Crippen LogP contribution in [-0.4, -0.2) is 69.2 Å². The third-order valence-electron chi connectivity index (χ3n) is 5.61. The first kappa shape index (κ1) is 34.2. The van der Waals surface area contributed by atoms with Crippen molar-refractivity contribution in [3.8, 4) is 11.5 Å². The lowest BCUT2D eigenvalue weighted by Gasteiger charge is -2.33. The van der Waals surface area contributed by atoms with Crippen LogP contribution in [0.2, 0.25) is 0 Å². The number of carbonyl (C=O) groups is 1. The molecular formula is C24H25F6N7O5S2. The molecule has 44 heavy (non-hydrogen) atoms. The average Bonchev–Trinajstić information content (AvgIpc) is 3.32. The van der Waals surface area contributed by atoms with Gasteiger partial charge < -0.3 is 31.3 Å². The van der Waals surface area contributed by atoms with Gasteiger partial charge in [0.1, 0.15) is 17.3 Å². The molecule has 0 aliphatic carbocycles. The van der Waals surface area contributed by atoms with Gasteiger partial charge in [0.15, 0.2) is 5.13 Å². The van der Waals surface area contributed by atoms with E-state index in [1.54, 1.807) is 0 Å². The first-order valence-corrected chi connectivity index (χ1v) is 14.5. The highest BCUT2D eigenvalue weighted by Gasteiger charge is 2.33. The van der Waals surface area contributed by atoms with Crippen molar-refractivity contribution < 1.29 is 49.0 Å². The Morgan fingerprint density at radius 2 is 1.45 bits per heavy atom. The van der Waals surface area contributed by atoms with Crippen LogP contribution < -0.4 is 31.3 Å². The Morgan fingerprint density at radius 3 is 1.93 bits per heavy atom. The number of nitrogen functional groups attached to an aromatic ring is 1. The van der Waals surface area contributed by atoms with Crippen LogP contribution in [0.25, 0.3) is 0 Å². The zero-order chi connectivity index (χ0) is 32.5. The zero-order valence-electron chi connectivity index (χ0n) is 22.4. The summed E-state index contributed by atoms with van der Waals surface area (Å²) in [6, 6.07) is 9.37. The highest BCUT2D eigenvalue weighted by atomic mass is 32.2. The van der Waals surface area contributed by atoms with Crippen molar-refractivity contribution in [2.75, 3.05) is 36.8 Å². The molecule has 2 heterocycles. The second-order valence-electron chi connectivity index (χ2n) is 8.62. The first-order chi connectivity index (χ1) is 20.6. The molecule has 0 spiro atoms. The number of benzene rings is 2. The predicted molar refractivity (Wildman–Crippen MR) is 148 cm³/mol. The standard InChI is InChI=1S/C15H17F3N6O3S2.C9H8F3NO2/c16-15(17,18)27-10-1-3-11(4-2-10)29(25,26)24-7-5-23(6-8-24)14-22-13(19)12(28-14)9-21-20;10-9(11,12)15-8-3-1-7(2-4-8)5-13-6-14/h1-4,9H,5-8,19-20H2;1-4,6H,5H2,(H,13,14)/b21-9-;. The SMILES string of the molecule is N/N=C\c1sc(N2CCN(S(=O)(=O)c3ccc(OC(F)(F)F)cc3)CC2)nc1N.O=CNCc1ccc(OC(F)(F)F)cc1. The third-order valence-corrected chi connectivity index (χ3v) is 8.59. The van der Waals surface area contributed by atoms with Crippen molar-refractivity contribution >= 4 is 44.9 Å². The smallest absolute Gasteiger partial charge is 0.406 e. The third kappa shape index (κ3) is 10.2. The van der Waals surface area contributed by atoms with Gasteiger partial charge in [-0.05, 0) is 42.0 Å². The molecule has 1 aliphatic heterocycles. The number of sulfonamides is 1. The average molecular weight is 670 g/mol. The Kier molecular flexibility index (Phi) is 11.2. The van der Waals surface area contributed by atoms with Crippen LogP contribution in [0.1, 0.15) is 10.4 Å². The second-order valence-corrected chi connectivity index (χ2v) is 11.6. The van der Waals surface area contributed by atoms with E-state index in [4.69, 9.17) is 11.6 Å². The molecule has 5 N–H and O–H groups in total. The van der Waals surface area contributed by atoms with Crippen LogP contribution in [0.15, 0.2) is 58.5 Å². The van der Waals surface area contributed by atoms with Gasteiger partial charge in [-0.3, -0.25) is 4.79 Å². The fraction of sp³-hybridized carbons (Fsp3) is 0.292. The largest absolute Gasteiger partial charge is 0.573 e. The summed E-state index contributed by atoms with van der Waals surface area (Å²) in [4.78, 5) is 16.6. The van der Waals surface area contributed by atoms with Crippen LogP contribution in [0.3, 0.4) is 0 Å². The summed E-state index contributed by atoms with van der Waals surface area (Å²) in [5.41, 5.74) is 6.49. The molecule has 2 aromatic carbocycles. The molecule has 1 amide bonds. The number of piperazine rings is 1. The van der Waals surface area contributed by atoms with Gasteiger partial charge in [0.2, 0.25) is 16.4 Å². The van der Waals surface area contributed by atoms with E-state index >= 15 is 0 Å². The maximum Gasteiger partial charge on any atom is 0.573 e. The van der Waals surface area contributed by atoms with E-state index in [2.05, 4.69) is 24.9 Å². The molecule has 1 aromatic heterocycles. The highest BCUT2D eigenvalue weighted by molar-refractivity contribution is 7.89. The summed E-state index contributed by atoms with van der Waals surface area (Å²) in [6.07, 6.45) is -7.61. The van der Waals surface area contributed by atoms with Gasteiger partial charge in [-0.15, -0.1) is 26.3 Å². The molecule has 20 heteroatoms. The maximum atomic E-state index is 12.8. The summed E-state index contributed by atoms with van der Waals surface area (Å²) < 4.78 is 106. The fourth-order valence-corrected chi connectivity index (χ4v) is 6.02. The number of nitrogens with zero attached hydrogens (tertiary/aromatic N) is 4. The van der Waals surface area contributed by atoms with Crippen molar-refractivity contribution in [3.63, 3.8) is 0 Å². The molecule has 1 fully saturated rings. The number of anilines is 2. The molecule has 0 unspecified atom stereocenters. The molecule has 12 nitrogen and oxygen atoms in total. The minimum Gasteiger partial charge on any atom is -0.406 e. The number of hydrogen-bond acceptors (Lipinski definition) is 11. The van der Waals surface area contributed by atoms with E-state index in [0.717, 1.165) is 24.3 Å². The minimum atomic E-state index is -4.84. The Morgan fingerprint density at radius 1 is 0.932 bits per heavy atom. The van der Waals surface area contributed by atoms with Gasteiger partial charge in [0.25, 0.3) is 0 Å². The number of alkyl halides is 6. The topological polar surface area (TPSA) is 165 Å². The Labute approximate surface area is 250 Å². The summed E-state index contributed by atoms with van der Waals surface area (Å²) in [7, 11) is -3.85. The number of rotatable bonds is 9. The van der Waals surface area contributed by atoms with E-state index in [9.17, 15) is 39.6 Å². The Hall–Kier alpha value is -4.30. The highest BCUT2D eigenvalue weighted by Crippen LogP contribution is 2.29. The zero-order valence-corrected chi connectivity index (χ0v) is 24.0. The molecule has 3 aromatic rings. The van der Waals surface area contributed by atoms with Crippen molar-refractivity contribution in [1.82, 2.24) is 14.6 Å². The molecule has 0 radical (unpaired) electrons. The number of thiazole rings is 1. The number of carbonyl (C=O) groups excluding carboxylic acids is 1. The summed E-state index contributed by atoms with van der Waals surface area (Å²) in [6.45, 7) is 1.39. The van der Waals surface area contributed by atoms with E-state index in [-0.39, 0.29) is 36.1 Å². The molecule has 0 bridgehead atoms. The van der Waals surface area contributed by atoms with E-state index < -0.39 is 28.5 Å². The van der Waals surface area contributed by atoms with Crippen LogP contribution in [0.4, 0.5) is 37.3 Å². The summed E-state index contributed by atoms with van der Waals surface area (Å²) >= 11 is 1.29. The van der Waals surface area contributed by atoms with Gasteiger partial charge in [-0.1, -0.05) is 23.5 Å². The van der Waals surface area contributed by atoms with Crippen LogP contribution in [0, 0.1) is 0 Å². The molecule has 0 atom stereocenters. The molecular weight excluding hydrogens is 644 g/mol. The molecule has 240 valence electrons. The number of ether oxygens (including phenoxy) is 2. The van der Waals surface area contributed by atoms with Gasteiger partial charge >= 0.3 is 12.7 Å². The van der Waals surface area contributed by atoms with Crippen molar-refractivity contribution in [2.24, 2.45) is 10.9 Å². The number of aromatic nitrogens is 1. The van der Waals surface area contributed by atoms with Gasteiger partial charge in [-0.2, -0.15) is 9.41 Å². The molecule has 0 saturated carbocycles. The lowest BCUT2D eigenvalue weighted by Crippen LogP contribution is -2.48. The number of halogens is 6. The minimum absolute atomic E-state index is 0.111. The predicted octanol–water partition coefficient (Wildman–Crippen LogP) is 3.26. The van der Waals surface area contributed by atoms with Crippen LogP contribution >= 0.6 is 11.3 Å². The number of amides is 1. The lowest BCUT2D eigenvalue weighted by molar-refractivity contribution is -0.275. The van der Waals surface area contributed by atoms with Gasteiger partial charge in [0.05, 0.1) is 16.0 Å². The summed E-state index contributed by atoms with van der Waals surface area (Å²) in [5.74, 6) is 4.64. The number of hydrogen-bond donors (Lipinski definition) is 3. The second kappa shape index (κ2) is 14.4.